The highest BCUT2D eigenvalue weighted by Gasteiger charge is 2.20. The molecule has 5 nitrogen and oxygen atoms in total. The normalized spacial score (nSPS) is 18.5. The Bertz CT molecular complexity index is 721. The van der Waals surface area contributed by atoms with Gasteiger partial charge in [-0.1, -0.05) is 30.3 Å². The second kappa shape index (κ2) is 9.85. The van der Waals surface area contributed by atoms with E-state index in [9.17, 15) is 0 Å². The van der Waals surface area contributed by atoms with Crippen molar-refractivity contribution in [2.75, 3.05) is 19.6 Å². The maximum atomic E-state index is 4.77. The zero-order valence-electron chi connectivity index (χ0n) is 16.7. The van der Waals surface area contributed by atoms with E-state index in [0.717, 1.165) is 36.3 Å². The quantitative estimate of drug-likeness (QED) is 0.590. The molecule has 2 aromatic rings. The summed E-state index contributed by atoms with van der Waals surface area (Å²) < 4.78 is 0. The van der Waals surface area contributed by atoms with E-state index in [-0.39, 0.29) is 0 Å². The smallest absolute Gasteiger partial charge is 0.191 e. The molecule has 0 aliphatic carbocycles. The first-order chi connectivity index (χ1) is 13.1. The van der Waals surface area contributed by atoms with Crippen LogP contribution in [-0.4, -0.2) is 41.5 Å². The van der Waals surface area contributed by atoms with Crippen LogP contribution < -0.4 is 10.6 Å². The molecule has 0 spiro atoms. The van der Waals surface area contributed by atoms with E-state index in [4.69, 9.17) is 4.99 Å². The van der Waals surface area contributed by atoms with Gasteiger partial charge in [0, 0.05) is 30.6 Å². The Labute approximate surface area is 166 Å². The van der Waals surface area contributed by atoms with Crippen LogP contribution in [0.25, 0.3) is 0 Å². The summed E-state index contributed by atoms with van der Waals surface area (Å²) in [6, 6.07) is 11.2. The Hall–Kier alpha value is -1.92. The van der Waals surface area contributed by atoms with Crippen molar-refractivity contribution in [1.29, 1.82) is 0 Å². The van der Waals surface area contributed by atoms with Crippen molar-refractivity contribution in [1.82, 2.24) is 20.5 Å². The van der Waals surface area contributed by atoms with Crippen LogP contribution in [0.3, 0.4) is 0 Å². The van der Waals surface area contributed by atoms with Crippen LogP contribution in [-0.2, 0) is 13.1 Å². The van der Waals surface area contributed by atoms with Crippen molar-refractivity contribution in [3.63, 3.8) is 0 Å². The first-order valence-corrected chi connectivity index (χ1v) is 10.7. The molecule has 1 atom stereocenters. The molecule has 0 saturated carbocycles. The van der Waals surface area contributed by atoms with Crippen LogP contribution in [0.15, 0.2) is 35.3 Å². The monoisotopic (exact) mass is 385 g/mol. The molecule has 1 aliphatic heterocycles. The Kier molecular flexibility index (Phi) is 7.24. The van der Waals surface area contributed by atoms with E-state index in [1.165, 1.54) is 29.8 Å². The third-order valence-electron chi connectivity index (χ3n) is 4.88. The fourth-order valence-electron chi connectivity index (χ4n) is 3.43. The fraction of sp³-hybridized carbons (Fsp3) is 0.524. The number of likely N-dealkylation sites (tertiary alicyclic amines) is 1. The van der Waals surface area contributed by atoms with Crippen molar-refractivity contribution >= 4 is 17.3 Å². The first kappa shape index (κ1) is 19.8. The van der Waals surface area contributed by atoms with Crippen molar-refractivity contribution in [3.05, 3.63) is 51.5 Å². The summed E-state index contributed by atoms with van der Waals surface area (Å²) in [5.74, 6) is 0.898. The van der Waals surface area contributed by atoms with Gasteiger partial charge in [-0.15, -0.1) is 11.3 Å². The second-order valence-corrected chi connectivity index (χ2v) is 8.44. The van der Waals surface area contributed by atoms with Crippen LogP contribution in [0.5, 0.6) is 0 Å². The van der Waals surface area contributed by atoms with Crippen LogP contribution in [0.2, 0.25) is 0 Å². The molecule has 1 aromatic carbocycles. The molecule has 1 fully saturated rings. The summed E-state index contributed by atoms with van der Waals surface area (Å²) in [5, 5.41) is 8.10. The summed E-state index contributed by atoms with van der Waals surface area (Å²) in [4.78, 5) is 13.2. The maximum Gasteiger partial charge on any atom is 0.191 e. The Morgan fingerprint density at radius 3 is 2.81 bits per heavy atom. The number of piperidine rings is 1. The molecule has 0 radical (unpaired) electrons. The van der Waals surface area contributed by atoms with Gasteiger partial charge in [0.2, 0.25) is 0 Å². The topological polar surface area (TPSA) is 52.6 Å². The third-order valence-corrected chi connectivity index (χ3v) is 5.94. The van der Waals surface area contributed by atoms with Crippen molar-refractivity contribution in [3.8, 4) is 0 Å². The van der Waals surface area contributed by atoms with Gasteiger partial charge in [0.15, 0.2) is 5.96 Å². The SMILES string of the molecule is CCNC(=NCc1nc(C)c(C)s1)NC1CCCN(Cc2ccccc2)C1. The van der Waals surface area contributed by atoms with Gasteiger partial charge < -0.3 is 10.6 Å². The lowest BCUT2D eigenvalue weighted by Gasteiger charge is -2.34. The molecule has 2 N–H and O–H groups in total. The number of nitrogens with zero attached hydrogens (tertiary/aromatic N) is 3. The maximum absolute atomic E-state index is 4.77. The molecule has 1 unspecified atom stereocenters. The molecule has 0 bridgehead atoms. The minimum atomic E-state index is 0.431. The van der Waals surface area contributed by atoms with Crippen LogP contribution in [0.1, 0.15) is 40.9 Å². The van der Waals surface area contributed by atoms with Gasteiger partial charge in [-0.25, -0.2) is 9.98 Å². The summed E-state index contributed by atoms with van der Waals surface area (Å²) in [5.41, 5.74) is 2.50. The van der Waals surface area contributed by atoms with Gasteiger partial charge in [-0.05, 0) is 45.7 Å². The molecule has 0 amide bonds. The Morgan fingerprint density at radius 2 is 2.11 bits per heavy atom. The highest BCUT2D eigenvalue weighted by Crippen LogP contribution is 2.17. The van der Waals surface area contributed by atoms with E-state index in [1.54, 1.807) is 11.3 Å². The molecular weight excluding hydrogens is 354 g/mol. The van der Waals surface area contributed by atoms with Crippen molar-refractivity contribution in [2.45, 2.75) is 52.7 Å². The minimum Gasteiger partial charge on any atom is -0.357 e. The molecule has 3 rings (SSSR count). The minimum absolute atomic E-state index is 0.431. The number of rotatable bonds is 6. The average molecular weight is 386 g/mol. The van der Waals surface area contributed by atoms with Gasteiger partial charge >= 0.3 is 0 Å². The van der Waals surface area contributed by atoms with E-state index < -0.39 is 0 Å². The summed E-state index contributed by atoms with van der Waals surface area (Å²) in [7, 11) is 0. The van der Waals surface area contributed by atoms with Crippen LogP contribution in [0, 0.1) is 13.8 Å². The van der Waals surface area contributed by atoms with Crippen LogP contribution >= 0.6 is 11.3 Å². The summed E-state index contributed by atoms with van der Waals surface area (Å²) in [6.07, 6.45) is 2.40. The van der Waals surface area contributed by atoms with Crippen LogP contribution in [0.4, 0.5) is 0 Å². The molecule has 1 aromatic heterocycles. The third kappa shape index (κ3) is 6.04. The number of benzene rings is 1. The Morgan fingerprint density at radius 1 is 1.30 bits per heavy atom. The van der Waals surface area contributed by atoms with E-state index >= 15 is 0 Å². The molecule has 6 heteroatoms. The van der Waals surface area contributed by atoms with E-state index in [2.05, 4.69) is 71.6 Å². The highest BCUT2D eigenvalue weighted by molar-refractivity contribution is 7.11. The van der Waals surface area contributed by atoms with Gasteiger partial charge in [0.25, 0.3) is 0 Å². The molecule has 2 heterocycles. The number of aromatic nitrogens is 1. The number of hydrogen-bond donors (Lipinski definition) is 2. The van der Waals surface area contributed by atoms with Crippen molar-refractivity contribution < 1.29 is 0 Å². The van der Waals surface area contributed by atoms with Gasteiger partial charge in [-0.3, -0.25) is 4.90 Å². The number of guanidine groups is 1. The molecule has 146 valence electrons. The lowest BCUT2D eigenvalue weighted by Crippen LogP contribution is -2.50. The number of hydrogen-bond acceptors (Lipinski definition) is 4. The average Bonchev–Trinajstić information content (AvgIpc) is 2.99. The number of nitrogens with one attached hydrogen (secondary N) is 2. The lowest BCUT2D eigenvalue weighted by atomic mass is 10.0. The van der Waals surface area contributed by atoms with Gasteiger partial charge in [0.05, 0.1) is 12.2 Å². The van der Waals surface area contributed by atoms with E-state index in [1.807, 2.05) is 0 Å². The molecule has 1 aliphatic rings. The first-order valence-electron chi connectivity index (χ1n) is 9.88. The van der Waals surface area contributed by atoms with Gasteiger partial charge in [0.1, 0.15) is 5.01 Å². The number of aliphatic imine (C=N–C) groups is 1. The number of aryl methyl sites for hydroxylation is 2. The highest BCUT2D eigenvalue weighted by atomic mass is 32.1. The summed E-state index contributed by atoms with van der Waals surface area (Å²) in [6.45, 7) is 11.0. The fourth-order valence-corrected chi connectivity index (χ4v) is 4.28. The number of thiazole rings is 1. The zero-order chi connectivity index (χ0) is 19.1. The largest absolute Gasteiger partial charge is 0.357 e. The van der Waals surface area contributed by atoms with Gasteiger partial charge in [-0.2, -0.15) is 0 Å². The predicted molar refractivity (Wildman–Crippen MR) is 114 cm³/mol. The molecule has 27 heavy (non-hydrogen) atoms. The second-order valence-electron chi connectivity index (χ2n) is 7.15. The predicted octanol–water partition coefficient (Wildman–Crippen LogP) is 3.48. The zero-order valence-corrected chi connectivity index (χ0v) is 17.5. The van der Waals surface area contributed by atoms with E-state index in [0.29, 0.717) is 12.6 Å². The molecule has 1 saturated heterocycles. The summed E-state index contributed by atoms with van der Waals surface area (Å²) >= 11 is 1.74. The standard InChI is InChI=1S/C21H31N5S/c1-4-22-21(23-13-20-24-16(2)17(3)27-20)25-19-11-8-12-26(15-19)14-18-9-6-5-7-10-18/h5-7,9-10,19H,4,8,11-15H2,1-3H3,(H2,22,23,25). The van der Waals surface area contributed by atoms with Crippen molar-refractivity contribution in [2.24, 2.45) is 4.99 Å². The molecular formula is C21H31N5S. The lowest BCUT2D eigenvalue weighted by molar-refractivity contribution is 0.192. The Balaban J connectivity index is 1.57.